The Morgan fingerprint density at radius 2 is 1.86 bits per heavy atom. The monoisotopic (exact) mass is 726 g/mol. The summed E-state index contributed by atoms with van der Waals surface area (Å²) in [6.07, 6.45) is 13.7. The van der Waals surface area contributed by atoms with Gasteiger partial charge in [0, 0.05) is 65.9 Å². The Bertz CT molecular complexity index is 930. The molecular weight excluding hydrogens is 689 g/mol. The minimum Gasteiger partial charge on any atom is -0.632 e. The molecule has 1 radical (unpaired) electrons. The zero-order valence-corrected chi connectivity index (χ0v) is 26.6. The summed E-state index contributed by atoms with van der Waals surface area (Å²) in [4.78, 5) is 21.9. The quantitative estimate of drug-likeness (QED) is 0.414. The first-order valence-electron chi connectivity index (χ1n) is 12.6. The number of nitrogens with one attached hydrogen (secondary N) is 1. The predicted octanol–water partition coefficient (Wildman–Crippen LogP) is 5.94. The molecule has 0 aliphatic heterocycles. The van der Waals surface area contributed by atoms with E-state index in [9.17, 15) is 4.79 Å². The number of fused-ring (bicyclic) bond motifs is 5. The predicted molar refractivity (Wildman–Crippen MR) is 124 cm³/mol. The normalized spacial score (nSPS) is 36.9. The molecule has 0 spiro atoms. The SMILES string of the molecule is C[C@H]1CC[C@@H]2C3CC[C@@]4(C)C(CC[C@@H]4C(=O)Cn4cc(C#N)cn4)[C@@H]3CC[C@@H]2C1.[NH-]C(=O)O.[W].[Y]. The topological polar surface area (TPSA) is 120 Å². The Kier molecular flexibility index (Phi) is 11.2. The third-order valence-corrected chi connectivity index (χ3v) is 9.69. The number of nitrogens with zero attached hydrogens (tertiary/aromatic N) is 3. The van der Waals surface area contributed by atoms with E-state index < -0.39 is 6.09 Å². The first kappa shape index (κ1) is 30.7. The number of Topliss-reactive ketones (excluding diaryl/α,β-unsaturated/α-hetero) is 1. The van der Waals surface area contributed by atoms with Gasteiger partial charge < -0.3 is 10.8 Å². The van der Waals surface area contributed by atoms with Gasteiger partial charge in [0.05, 0.1) is 18.3 Å². The molecule has 4 saturated carbocycles. The maximum atomic E-state index is 13.3. The summed E-state index contributed by atoms with van der Waals surface area (Å²) in [5.74, 6) is 5.92. The molecule has 0 bridgehead atoms. The van der Waals surface area contributed by atoms with Crippen molar-refractivity contribution >= 4 is 11.9 Å². The molecule has 2 N–H and O–H groups in total. The molecule has 1 amide bonds. The van der Waals surface area contributed by atoms with Crippen molar-refractivity contribution in [2.75, 3.05) is 0 Å². The molecular formula is C26H37N4O3WY-. The van der Waals surface area contributed by atoms with Crippen LogP contribution < -0.4 is 0 Å². The van der Waals surface area contributed by atoms with E-state index in [0.29, 0.717) is 17.9 Å². The molecule has 189 valence electrons. The van der Waals surface area contributed by atoms with Crippen LogP contribution in [0.2, 0.25) is 0 Å². The number of amides is 1. The van der Waals surface area contributed by atoms with Gasteiger partial charge in [-0.25, -0.2) is 0 Å². The van der Waals surface area contributed by atoms with Crippen LogP contribution in [0.1, 0.15) is 77.2 Å². The summed E-state index contributed by atoms with van der Waals surface area (Å²) in [5, 5.41) is 20.3. The van der Waals surface area contributed by atoms with Crippen LogP contribution in [0, 0.1) is 58.2 Å². The summed E-state index contributed by atoms with van der Waals surface area (Å²) in [7, 11) is 0. The zero-order valence-electron chi connectivity index (χ0n) is 20.9. The molecule has 1 heterocycles. The Hall–Kier alpha value is -0.568. The van der Waals surface area contributed by atoms with Crippen LogP contribution in [-0.4, -0.2) is 26.8 Å². The molecule has 5 rings (SSSR count). The van der Waals surface area contributed by atoms with E-state index in [4.69, 9.17) is 20.9 Å². The fourth-order valence-electron chi connectivity index (χ4n) is 8.39. The van der Waals surface area contributed by atoms with Gasteiger partial charge in [-0.1, -0.05) is 20.3 Å². The molecule has 4 fully saturated rings. The van der Waals surface area contributed by atoms with Gasteiger partial charge in [0.2, 0.25) is 6.09 Å². The van der Waals surface area contributed by atoms with Crippen molar-refractivity contribution in [1.29, 1.82) is 5.26 Å². The van der Waals surface area contributed by atoms with Crippen molar-refractivity contribution in [1.82, 2.24) is 9.78 Å². The van der Waals surface area contributed by atoms with E-state index in [1.54, 1.807) is 17.1 Å². The van der Waals surface area contributed by atoms with Crippen LogP contribution in [0.5, 0.6) is 0 Å². The number of aromatic nitrogens is 2. The number of hydrogen-bond acceptors (Lipinski definition) is 4. The Labute approximate surface area is 248 Å². The van der Waals surface area contributed by atoms with E-state index in [1.807, 2.05) is 0 Å². The number of ketones is 1. The Balaban J connectivity index is 0.000000672. The van der Waals surface area contributed by atoms with Gasteiger partial charge in [-0.15, -0.1) is 0 Å². The van der Waals surface area contributed by atoms with E-state index >= 15 is 0 Å². The second kappa shape index (κ2) is 12.8. The molecule has 1 aromatic rings. The summed E-state index contributed by atoms with van der Waals surface area (Å²) in [6, 6.07) is 2.10. The van der Waals surface area contributed by atoms with Crippen LogP contribution >= 0.6 is 0 Å². The number of hydrogen-bond donors (Lipinski definition) is 1. The van der Waals surface area contributed by atoms with Gasteiger partial charge in [0.1, 0.15) is 6.07 Å². The minimum absolute atomic E-state index is 0. The standard InChI is InChI=1S/C25H35N3O.CH2NO2.W.Y/c1-16-3-5-19-18(11-16)4-6-21-20(19)9-10-25(2)22(21)7-8-23(25)24(29)15-28-14-17(12-26)13-27-28;2-1(3)4;;/h13-14,16,18-23H,3-11,15H2,1-2H3;2H,(H,3,4);;/q;-1;;/t16-,18+,19-,20?,21+,22?,23+,25-;;;/m0.../s1. The number of nitriles is 1. The smallest absolute Gasteiger partial charge is 0.224 e. The molecule has 4 aliphatic rings. The van der Waals surface area contributed by atoms with E-state index in [-0.39, 0.29) is 65.1 Å². The maximum Gasteiger partial charge on any atom is 0.224 e. The first-order valence-corrected chi connectivity index (χ1v) is 12.6. The fraction of sp³-hybridized carbons (Fsp3) is 0.769. The third-order valence-electron chi connectivity index (χ3n) is 9.69. The molecule has 4 aliphatic carbocycles. The molecule has 8 atom stereocenters. The van der Waals surface area contributed by atoms with Crippen LogP contribution in [0.15, 0.2) is 12.4 Å². The summed E-state index contributed by atoms with van der Waals surface area (Å²) in [5.41, 5.74) is 6.21. The van der Waals surface area contributed by atoms with Crippen LogP contribution in [-0.2, 0) is 65.1 Å². The van der Waals surface area contributed by atoms with Crippen molar-refractivity contribution in [3.63, 3.8) is 0 Å². The van der Waals surface area contributed by atoms with Crippen molar-refractivity contribution in [3.8, 4) is 6.07 Å². The average molecular weight is 726 g/mol. The van der Waals surface area contributed by atoms with Crippen molar-refractivity contribution in [2.45, 2.75) is 78.2 Å². The summed E-state index contributed by atoms with van der Waals surface area (Å²) >= 11 is 0. The zero-order chi connectivity index (χ0) is 23.8. The van der Waals surface area contributed by atoms with E-state index in [1.165, 1.54) is 51.4 Å². The van der Waals surface area contributed by atoms with Crippen molar-refractivity contribution in [3.05, 3.63) is 23.7 Å². The van der Waals surface area contributed by atoms with Gasteiger partial charge in [-0.05, 0) is 92.3 Å². The van der Waals surface area contributed by atoms with E-state index in [0.717, 1.165) is 41.9 Å². The van der Waals surface area contributed by atoms with Gasteiger partial charge in [-0.2, -0.15) is 10.4 Å². The number of carbonyl (C=O) groups excluding carboxylic acids is 1. The number of carbonyl (C=O) groups is 2. The second-order valence-electron chi connectivity index (χ2n) is 11.3. The van der Waals surface area contributed by atoms with Gasteiger partial charge in [-0.3, -0.25) is 14.3 Å². The molecule has 9 heteroatoms. The Morgan fingerprint density at radius 1 is 1.17 bits per heavy atom. The molecule has 1 aromatic heterocycles. The van der Waals surface area contributed by atoms with Crippen molar-refractivity contribution < 1.29 is 68.5 Å². The van der Waals surface area contributed by atoms with Gasteiger partial charge in [0.15, 0.2) is 5.78 Å². The molecule has 2 unspecified atom stereocenters. The van der Waals surface area contributed by atoms with Crippen LogP contribution in [0.25, 0.3) is 5.73 Å². The minimum atomic E-state index is -1.58. The average Bonchev–Trinajstić information content (AvgIpc) is 3.36. The maximum absolute atomic E-state index is 13.3. The molecule has 35 heavy (non-hydrogen) atoms. The molecule has 7 nitrogen and oxygen atoms in total. The van der Waals surface area contributed by atoms with Crippen LogP contribution in [0.4, 0.5) is 4.79 Å². The third kappa shape index (κ3) is 6.47. The number of carboxylic acid groups (broad SMARTS) is 1. The number of rotatable bonds is 3. The fourth-order valence-corrected chi connectivity index (χ4v) is 8.39. The molecule has 0 aromatic carbocycles. The van der Waals surface area contributed by atoms with Crippen LogP contribution in [0.3, 0.4) is 0 Å². The van der Waals surface area contributed by atoms with Gasteiger partial charge >= 0.3 is 0 Å². The van der Waals surface area contributed by atoms with Gasteiger partial charge in [0.25, 0.3) is 0 Å². The van der Waals surface area contributed by atoms with Crippen molar-refractivity contribution in [2.24, 2.45) is 46.8 Å². The second-order valence-corrected chi connectivity index (χ2v) is 11.3. The summed E-state index contributed by atoms with van der Waals surface area (Å²) in [6.45, 7) is 5.21. The largest absolute Gasteiger partial charge is 0.632 e. The summed E-state index contributed by atoms with van der Waals surface area (Å²) < 4.78 is 1.66. The first-order chi connectivity index (χ1) is 15.7. The molecule has 0 saturated heterocycles. The Morgan fingerprint density at radius 3 is 2.51 bits per heavy atom. The van der Waals surface area contributed by atoms with E-state index in [2.05, 4.69) is 25.0 Å².